The molecule has 88 valence electrons. The zero-order chi connectivity index (χ0) is 12.0. The fourth-order valence-electron chi connectivity index (χ4n) is 1.82. The van der Waals surface area contributed by atoms with Crippen molar-refractivity contribution in [1.29, 1.82) is 0 Å². The largest absolute Gasteiger partial charge is 0.481 e. The Morgan fingerprint density at radius 2 is 2.19 bits per heavy atom. The van der Waals surface area contributed by atoms with Gasteiger partial charge in [0.25, 0.3) is 0 Å². The smallest absolute Gasteiger partial charge is 0.315 e. The van der Waals surface area contributed by atoms with Crippen LogP contribution < -0.4 is 10.6 Å². The molecule has 2 atom stereocenters. The summed E-state index contributed by atoms with van der Waals surface area (Å²) in [5.41, 5.74) is 0. The lowest BCUT2D eigenvalue weighted by Crippen LogP contribution is -2.41. The van der Waals surface area contributed by atoms with Gasteiger partial charge in [-0.2, -0.15) is 0 Å². The molecule has 0 bridgehead atoms. The van der Waals surface area contributed by atoms with Crippen molar-refractivity contribution in [3.8, 4) is 12.3 Å². The Labute approximate surface area is 94.6 Å². The number of rotatable bonds is 4. The molecule has 0 aromatic rings. The van der Waals surface area contributed by atoms with Crippen molar-refractivity contribution in [3.05, 3.63) is 0 Å². The first-order chi connectivity index (χ1) is 7.63. The third-order valence-corrected chi connectivity index (χ3v) is 2.67. The van der Waals surface area contributed by atoms with Crippen molar-refractivity contribution in [2.45, 2.75) is 31.7 Å². The summed E-state index contributed by atoms with van der Waals surface area (Å²) in [5.74, 6) is 1.31. The molecule has 5 heteroatoms. The van der Waals surface area contributed by atoms with Crippen LogP contribution in [-0.4, -0.2) is 29.7 Å². The van der Waals surface area contributed by atoms with Crippen LogP contribution in [-0.2, 0) is 4.79 Å². The molecule has 0 radical (unpaired) electrons. The maximum Gasteiger partial charge on any atom is 0.315 e. The Morgan fingerprint density at radius 1 is 1.44 bits per heavy atom. The van der Waals surface area contributed by atoms with Crippen LogP contribution >= 0.6 is 0 Å². The van der Waals surface area contributed by atoms with Gasteiger partial charge in [-0.25, -0.2) is 4.79 Å². The Morgan fingerprint density at radius 3 is 2.75 bits per heavy atom. The first-order valence-corrected chi connectivity index (χ1v) is 5.34. The second-order valence-electron chi connectivity index (χ2n) is 3.90. The van der Waals surface area contributed by atoms with Crippen molar-refractivity contribution in [2.75, 3.05) is 6.54 Å². The van der Waals surface area contributed by atoms with Crippen molar-refractivity contribution in [3.63, 3.8) is 0 Å². The van der Waals surface area contributed by atoms with E-state index in [9.17, 15) is 9.59 Å². The highest BCUT2D eigenvalue weighted by Gasteiger charge is 2.30. The van der Waals surface area contributed by atoms with Crippen molar-refractivity contribution in [1.82, 2.24) is 10.6 Å². The fraction of sp³-hybridized carbons (Fsp3) is 0.636. The minimum atomic E-state index is -0.781. The van der Waals surface area contributed by atoms with Gasteiger partial charge in [-0.05, 0) is 19.3 Å². The van der Waals surface area contributed by atoms with E-state index >= 15 is 0 Å². The SMILES string of the molecule is C#CCCNC(=O)N[C@H]1CC[C@@H](C(=O)O)C1. The zero-order valence-electron chi connectivity index (χ0n) is 9.03. The van der Waals surface area contributed by atoms with Gasteiger partial charge < -0.3 is 15.7 Å². The number of carboxylic acid groups (broad SMARTS) is 1. The second-order valence-corrected chi connectivity index (χ2v) is 3.90. The predicted molar refractivity (Wildman–Crippen MR) is 58.7 cm³/mol. The number of terminal acetylenes is 1. The minimum absolute atomic E-state index is 0.0352. The van der Waals surface area contributed by atoms with Crippen molar-refractivity contribution >= 4 is 12.0 Å². The van der Waals surface area contributed by atoms with Gasteiger partial charge in [0.05, 0.1) is 5.92 Å². The number of hydrogen-bond donors (Lipinski definition) is 3. The Kier molecular flexibility index (Phi) is 4.65. The summed E-state index contributed by atoms with van der Waals surface area (Å²) in [6.45, 7) is 0.442. The lowest BCUT2D eigenvalue weighted by Gasteiger charge is -2.12. The molecular weight excluding hydrogens is 208 g/mol. The monoisotopic (exact) mass is 224 g/mol. The van der Waals surface area contributed by atoms with Crippen LogP contribution in [0, 0.1) is 18.3 Å². The highest BCUT2D eigenvalue weighted by molar-refractivity contribution is 5.75. The Bertz CT molecular complexity index is 309. The van der Waals surface area contributed by atoms with E-state index in [0.717, 1.165) is 6.42 Å². The maximum atomic E-state index is 11.3. The van der Waals surface area contributed by atoms with E-state index in [1.165, 1.54) is 0 Å². The predicted octanol–water partition coefficient (Wildman–Crippen LogP) is 0.562. The average molecular weight is 224 g/mol. The van der Waals surface area contributed by atoms with E-state index in [4.69, 9.17) is 11.5 Å². The number of hydrogen-bond acceptors (Lipinski definition) is 2. The summed E-state index contributed by atoms with van der Waals surface area (Å²) in [4.78, 5) is 22.0. The molecule has 0 aliphatic heterocycles. The van der Waals surface area contributed by atoms with Gasteiger partial charge in [0, 0.05) is 19.0 Å². The third kappa shape index (κ3) is 3.81. The van der Waals surface area contributed by atoms with Crippen LogP contribution in [0.3, 0.4) is 0 Å². The standard InChI is InChI=1S/C11H16N2O3/c1-2-3-6-12-11(16)13-9-5-4-8(7-9)10(14)15/h1,8-9H,3-7H2,(H,14,15)(H2,12,13,16)/t8-,9+/m1/s1. The third-order valence-electron chi connectivity index (χ3n) is 2.67. The van der Waals surface area contributed by atoms with E-state index in [1.54, 1.807) is 0 Å². The first kappa shape index (κ1) is 12.4. The summed E-state index contributed by atoms with van der Waals surface area (Å²) >= 11 is 0. The van der Waals surface area contributed by atoms with E-state index < -0.39 is 5.97 Å². The number of carbonyl (C=O) groups is 2. The molecule has 1 fully saturated rings. The number of amides is 2. The molecule has 0 spiro atoms. The van der Waals surface area contributed by atoms with Gasteiger partial charge in [0.15, 0.2) is 0 Å². The summed E-state index contributed by atoms with van der Waals surface area (Å²) < 4.78 is 0. The topological polar surface area (TPSA) is 78.4 Å². The number of nitrogens with one attached hydrogen (secondary N) is 2. The van der Waals surface area contributed by atoms with Gasteiger partial charge in [0.2, 0.25) is 0 Å². The zero-order valence-corrected chi connectivity index (χ0v) is 9.03. The quantitative estimate of drug-likeness (QED) is 0.482. The van der Waals surface area contributed by atoms with Crippen LogP contribution in [0.15, 0.2) is 0 Å². The molecule has 1 saturated carbocycles. The normalized spacial score (nSPS) is 23.4. The molecule has 0 aromatic heterocycles. The molecule has 0 heterocycles. The molecule has 1 rings (SSSR count). The molecule has 1 aliphatic carbocycles. The van der Waals surface area contributed by atoms with Crippen LogP contribution in [0.1, 0.15) is 25.7 Å². The summed E-state index contributed by atoms with van der Waals surface area (Å²) in [6.07, 6.45) is 7.40. The fourth-order valence-corrected chi connectivity index (χ4v) is 1.82. The second kappa shape index (κ2) is 6.01. The first-order valence-electron chi connectivity index (χ1n) is 5.34. The van der Waals surface area contributed by atoms with E-state index in [0.29, 0.717) is 25.8 Å². The van der Waals surface area contributed by atoms with Gasteiger partial charge in [-0.1, -0.05) is 0 Å². The maximum absolute atomic E-state index is 11.3. The number of carboxylic acids is 1. The van der Waals surface area contributed by atoms with Gasteiger partial charge in [0.1, 0.15) is 0 Å². The van der Waals surface area contributed by atoms with Crippen LogP contribution in [0.4, 0.5) is 4.79 Å². The molecule has 0 unspecified atom stereocenters. The van der Waals surface area contributed by atoms with Crippen molar-refractivity contribution in [2.24, 2.45) is 5.92 Å². The number of aliphatic carboxylic acids is 1. The molecule has 0 saturated heterocycles. The number of urea groups is 1. The van der Waals surface area contributed by atoms with E-state index in [-0.39, 0.29) is 18.0 Å². The molecule has 2 amide bonds. The van der Waals surface area contributed by atoms with Crippen LogP contribution in [0.25, 0.3) is 0 Å². The van der Waals surface area contributed by atoms with E-state index in [1.807, 2.05) is 0 Å². The molecular formula is C11H16N2O3. The minimum Gasteiger partial charge on any atom is -0.481 e. The Hall–Kier alpha value is -1.70. The molecule has 3 N–H and O–H groups in total. The highest BCUT2D eigenvalue weighted by atomic mass is 16.4. The molecule has 5 nitrogen and oxygen atoms in total. The van der Waals surface area contributed by atoms with Gasteiger partial charge in [-0.15, -0.1) is 12.3 Å². The highest BCUT2D eigenvalue weighted by Crippen LogP contribution is 2.25. The van der Waals surface area contributed by atoms with E-state index in [2.05, 4.69) is 16.6 Å². The molecule has 16 heavy (non-hydrogen) atoms. The van der Waals surface area contributed by atoms with Gasteiger partial charge in [-0.3, -0.25) is 4.79 Å². The number of carbonyl (C=O) groups excluding carboxylic acids is 1. The summed E-state index contributed by atoms with van der Waals surface area (Å²) in [7, 11) is 0. The van der Waals surface area contributed by atoms with Gasteiger partial charge >= 0.3 is 12.0 Å². The summed E-state index contributed by atoms with van der Waals surface area (Å²) in [5, 5.41) is 14.1. The van der Waals surface area contributed by atoms with Crippen LogP contribution in [0.2, 0.25) is 0 Å². The van der Waals surface area contributed by atoms with Crippen LogP contribution in [0.5, 0.6) is 0 Å². The molecule has 1 aliphatic rings. The lowest BCUT2D eigenvalue weighted by atomic mass is 10.1. The summed E-state index contributed by atoms with van der Waals surface area (Å²) in [6, 6.07) is -0.307. The molecule has 0 aromatic carbocycles. The lowest BCUT2D eigenvalue weighted by molar-refractivity contribution is -0.141. The van der Waals surface area contributed by atoms with Crippen molar-refractivity contribution < 1.29 is 14.7 Å². The average Bonchev–Trinajstić information content (AvgIpc) is 2.66. The Balaban J connectivity index is 2.21.